The molecule has 146 valence electrons. The van der Waals surface area contributed by atoms with Gasteiger partial charge in [0.2, 0.25) is 5.78 Å². The molecule has 0 aliphatic carbocycles. The highest BCUT2D eigenvalue weighted by atomic mass is 32.1. The smallest absolute Gasteiger partial charge is 0.387 e. The molecule has 2 aromatic heterocycles. The Morgan fingerprint density at radius 2 is 2.04 bits per heavy atom. The minimum absolute atomic E-state index is 0.0132. The molecule has 0 aliphatic rings. The summed E-state index contributed by atoms with van der Waals surface area (Å²) in [7, 11) is 0. The van der Waals surface area contributed by atoms with Gasteiger partial charge < -0.3 is 9.47 Å². The lowest BCUT2D eigenvalue weighted by molar-refractivity contribution is -0.0499. The highest BCUT2D eigenvalue weighted by Gasteiger charge is 2.19. The zero-order chi connectivity index (χ0) is 20.3. The van der Waals surface area contributed by atoms with E-state index in [9.17, 15) is 18.4 Å². The zero-order valence-corrected chi connectivity index (χ0v) is 15.8. The highest BCUT2D eigenvalue weighted by molar-refractivity contribution is 7.12. The van der Waals surface area contributed by atoms with Gasteiger partial charge in [-0.05, 0) is 38.1 Å². The van der Waals surface area contributed by atoms with Crippen molar-refractivity contribution in [3.05, 3.63) is 64.4 Å². The molecule has 0 fully saturated rings. The maximum atomic E-state index is 12.5. The first kappa shape index (κ1) is 19.7. The van der Waals surface area contributed by atoms with Crippen molar-refractivity contribution in [3.63, 3.8) is 0 Å². The summed E-state index contributed by atoms with van der Waals surface area (Å²) in [4.78, 5) is 28.9. The summed E-state index contributed by atoms with van der Waals surface area (Å²) in [6, 6.07) is 6.91. The third-order valence-electron chi connectivity index (χ3n) is 3.97. The van der Waals surface area contributed by atoms with Crippen LogP contribution in [-0.2, 0) is 4.74 Å². The van der Waals surface area contributed by atoms with Crippen LogP contribution < -0.4 is 4.74 Å². The van der Waals surface area contributed by atoms with Gasteiger partial charge in [0, 0.05) is 28.5 Å². The van der Waals surface area contributed by atoms with Crippen molar-refractivity contribution >= 4 is 23.1 Å². The van der Waals surface area contributed by atoms with E-state index in [1.54, 1.807) is 19.2 Å². The molecule has 1 aromatic carbocycles. The van der Waals surface area contributed by atoms with Gasteiger partial charge in [-0.25, -0.2) is 9.78 Å². The molecule has 0 aliphatic heterocycles. The van der Waals surface area contributed by atoms with E-state index in [0.29, 0.717) is 11.3 Å². The Morgan fingerprint density at radius 1 is 1.25 bits per heavy atom. The fourth-order valence-corrected chi connectivity index (χ4v) is 3.51. The number of Topliss-reactive ketones (excluding diaryl/α,β-unsaturated/α-hetero) is 1. The van der Waals surface area contributed by atoms with Gasteiger partial charge in [0.05, 0.1) is 5.56 Å². The Balaban J connectivity index is 1.69. The molecule has 0 bridgehead atoms. The lowest BCUT2D eigenvalue weighted by Gasteiger charge is -2.08. The number of hydrogen-bond acceptors (Lipinski definition) is 6. The number of benzene rings is 1. The Bertz CT molecular complexity index is 1000. The lowest BCUT2D eigenvalue weighted by atomic mass is 10.1. The number of aryl methyl sites for hydroxylation is 1. The molecule has 0 saturated carbocycles. The average Bonchev–Trinajstić information content (AvgIpc) is 3.26. The third kappa shape index (κ3) is 4.25. The minimum Gasteiger partial charge on any atom is -0.454 e. The highest BCUT2D eigenvalue weighted by Crippen LogP contribution is 2.23. The molecule has 9 heteroatoms. The van der Waals surface area contributed by atoms with Crippen molar-refractivity contribution in [2.24, 2.45) is 0 Å². The quantitative estimate of drug-likeness (QED) is 0.435. The molecule has 28 heavy (non-hydrogen) atoms. The number of ether oxygens (including phenoxy) is 2. The molecule has 0 radical (unpaired) electrons. The molecule has 0 unspecified atom stereocenters. The topological polar surface area (TPSA) is 70.4 Å². The van der Waals surface area contributed by atoms with Gasteiger partial charge in [-0.15, -0.1) is 11.3 Å². The number of rotatable bonds is 7. The van der Waals surface area contributed by atoms with Crippen LogP contribution in [0, 0.1) is 13.8 Å². The van der Waals surface area contributed by atoms with Crippen LogP contribution in [0.4, 0.5) is 8.78 Å². The second kappa shape index (κ2) is 8.30. The van der Waals surface area contributed by atoms with Crippen LogP contribution in [0.25, 0.3) is 5.13 Å². The number of aromatic nitrogens is 2. The lowest BCUT2D eigenvalue weighted by Crippen LogP contribution is -2.15. The van der Waals surface area contributed by atoms with Gasteiger partial charge in [-0.1, -0.05) is 6.07 Å². The van der Waals surface area contributed by atoms with Crippen LogP contribution in [0.2, 0.25) is 0 Å². The second-order valence-electron chi connectivity index (χ2n) is 5.84. The van der Waals surface area contributed by atoms with Crippen molar-refractivity contribution in [2.75, 3.05) is 6.61 Å². The monoisotopic (exact) mass is 406 g/mol. The van der Waals surface area contributed by atoms with E-state index in [2.05, 4.69) is 9.72 Å². The summed E-state index contributed by atoms with van der Waals surface area (Å²) in [5.41, 5.74) is 1.97. The second-order valence-corrected chi connectivity index (χ2v) is 6.71. The van der Waals surface area contributed by atoms with Crippen molar-refractivity contribution in [3.8, 4) is 10.9 Å². The van der Waals surface area contributed by atoms with E-state index in [0.717, 1.165) is 16.9 Å². The van der Waals surface area contributed by atoms with Gasteiger partial charge >= 0.3 is 12.6 Å². The van der Waals surface area contributed by atoms with Crippen LogP contribution >= 0.6 is 11.3 Å². The van der Waals surface area contributed by atoms with Crippen molar-refractivity contribution in [2.45, 2.75) is 20.5 Å². The minimum atomic E-state index is -3.00. The molecule has 0 spiro atoms. The largest absolute Gasteiger partial charge is 0.454 e. The average molecular weight is 406 g/mol. The number of nitrogens with zero attached hydrogens (tertiary/aromatic N) is 2. The predicted molar refractivity (Wildman–Crippen MR) is 98.6 cm³/mol. The van der Waals surface area contributed by atoms with E-state index in [4.69, 9.17) is 4.74 Å². The Kier molecular flexibility index (Phi) is 5.84. The van der Waals surface area contributed by atoms with Gasteiger partial charge in [0.25, 0.3) is 0 Å². The summed E-state index contributed by atoms with van der Waals surface area (Å²) in [6.45, 7) is 0.169. The molecule has 6 nitrogen and oxygen atoms in total. The Morgan fingerprint density at radius 3 is 2.71 bits per heavy atom. The summed E-state index contributed by atoms with van der Waals surface area (Å²) >= 11 is 1.44. The van der Waals surface area contributed by atoms with Crippen LogP contribution in [-0.4, -0.2) is 34.5 Å². The van der Waals surface area contributed by atoms with Crippen molar-refractivity contribution in [1.82, 2.24) is 9.55 Å². The SMILES string of the molecule is Cc1cc(C(=O)COC(=O)c2cccc(OC(F)F)c2)c(C)n1-c1nccs1. The first-order valence-electron chi connectivity index (χ1n) is 8.21. The van der Waals surface area contributed by atoms with Gasteiger partial charge in [-0.3, -0.25) is 9.36 Å². The number of thiazole rings is 1. The van der Waals surface area contributed by atoms with E-state index in [-0.39, 0.29) is 17.1 Å². The van der Waals surface area contributed by atoms with E-state index in [1.807, 2.05) is 16.9 Å². The zero-order valence-electron chi connectivity index (χ0n) is 15.0. The first-order valence-corrected chi connectivity index (χ1v) is 9.09. The third-order valence-corrected chi connectivity index (χ3v) is 4.73. The number of ketones is 1. The molecular weight excluding hydrogens is 390 g/mol. The molecule has 0 atom stereocenters. The van der Waals surface area contributed by atoms with Gasteiger partial charge in [-0.2, -0.15) is 8.78 Å². The molecular formula is C19H16F2N2O4S. The van der Waals surface area contributed by atoms with Crippen molar-refractivity contribution in [1.29, 1.82) is 0 Å². The van der Waals surface area contributed by atoms with Crippen LogP contribution in [0.1, 0.15) is 32.1 Å². The van der Waals surface area contributed by atoms with E-state index in [1.165, 1.54) is 29.5 Å². The Labute approximate surface area is 163 Å². The standard InChI is InChI=1S/C19H16F2N2O4S/c1-11-8-15(12(2)23(11)19-22-6-7-28-19)16(24)10-26-17(25)13-4-3-5-14(9-13)27-18(20)21/h3-9,18H,10H2,1-2H3. The fraction of sp³-hybridized carbons (Fsp3) is 0.211. The molecule has 0 amide bonds. The van der Waals surface area contributed by atoms with Crippen molar-refractivity contribution < 1.29 is 27.8 Å². The molecule has 0 N–H and O–H groups in total. The molecule has 2 heterocycles. The van der Waals surface area contributed by atoms with Crippen LogP contribution in [0.5, 0.6) is 5.75 Å². The number of halogens is 2. The number of alkyl halides is 2. The van der Waals surface area contributed by atoms with Crippen LogP contribution in [0.15, 0.2) is 41.9 Å². The predicted octanol–water partition coefficient (Wildman–Crippen LogP) is 4.19. The van der Waals surface area contributed by atoms with Crippen LogP contribution in [0.3, 0.4) is 0 Å². The molecule has 0 saturated heterocycles. The summed E-state index contributed by atoms with van der Waals surface area (Å²) in [6.07, 6.45) is 1.67. The van der Waals surface area contributed by atoms with E-state index < -0.39 is 19.2 Å². The summed E-state index contributed by atoms with van der Waals surface area (Å²) in [5.74, 6) is -1.34. The van der Waals surface area contributed by atoms with E-state index >= 15 is 0 Å². The fourth-order valence-electron chi connectivity index (χ4n) is 2.76. The van der Waals surface area contributed by atoms with Gasteiger partial charge in [0.1, 0.15) is 5.75 Å². The summed E-state index contributed by atoms with van der Waals surface area (Å²) < 4.78 is 35.7. The number of carbonyl (C=O) groups is 2. The first-order chi connectivity index (χ1) is 13.4. The van der Waals surface area contributed by atoms with Gasteiger partial charge in [0.15, 0.2) is 11.7 Å². The number of esters is 1. The summed E-state index contributed by atoms with van der Waals surface area (Å²) in [5, 5.41) is 2.57. The molecule has 3 rings (SSSR count). The normalized spacial score (nSPS) is 10.9. The Hall–Kier alpha value is -3.07. The number of hydrogen-bond donors (Lipinski definition) is 0. The maximum absolute atomic E-state index is 12.5. The molecule has 3 aromatic rings. The maximum Gasteiger partial charge on any atom is 0.387 e. The number of carbonyl (C=O) groups excluding carboxylic acids is 2.